The predicted octanol–water partition coefficient (Wildman–Crippen LogP) is 8.74. The summed E-state index contributed by atoms with van der Waals surface area (Å²) in [7, 11) is -3.62. The van der Waals surface area contributed by atoms with Crippen LogP contribution in [-0.2, 0) is 20.2 Å². The molecule has 1 fully saturated rings. The number of fused-ring (bicyclic) bond motifs is 1. The summed E-state index contributed by atoms with van der Waals surface area (Å²) in [5, 5.41) is 3.86. The fraction of sp³-hybridized carbons (Fsp3) is 0.364. The highest BCUT2D eigenvalue weighted by molar-refractivity contribution is 7.92. The number of amides is 1. The SMILES string of the molecule is CC(C)Oc1cc(OC(F)(F)F)cc(C(C)(C)c2cc(Cl)cc(NC(=O)c3cc4cc(NS(=O)(=O)CC5CCCO5)ccc4s3)c2)c1. The second kappa shape index (κ2) is 13.5. The smallest absolute Gasteiger partial charge is 0.491 e. The number of alkyl halides is 3. The van der Waals surface area contributed by atoms with E-state index >= 15 is 0 Å². The largest absolute Gasteiger partial charge is 0.573 e. The van der Waals surface area contributed by atoms with Crippen LogP contribution in [0.5, 0.6) is 11.5 Å². The lowest BCUT2D eigenvalue weighted by Crippen LogP contribution is -2.25. The topological polar surface area (TPSA) is 103 Å². The van der Waals surface area contributed by atoms with Crippen LogP contribution in [0.3, 0.4) is 0 Å². The van der Waals surface area contributed by atoms with E-state index in [1.165, 1.54) is 23.5 Å². The molecule has 0 bridgehead atoms. The van der Waals surface area contributed by atoms with Gasteiger partial charge < -0.3 is 19.5 Å². The van der Waals surface area contributed by atoms with Gasteiger partial charge in [-0.1, -0.05) is 25.4 Å². The number of benzene rings is 3. The van der Waals surface area contributed by atoms with E-state index in [-0.39, 0.29) is 23.7 Å². The third-order valence-electron chi connectivity index (χ3n) is 7.53. The standard InChI is InChI=1S/C33H34ClF3N2O6S2/c1-19(2)44-27-14-22(15-28(17-27)45-33(35,36)37)32(3,4)21-12-23(34)16-25(13-21)38-31(40)30-11-20-10-24(7-8-29(20)46-30)39-47(41,42)18-26-6-5-9-43-26/h7-8,10-17,19,26,39H,5-6,9,18H2,1-4H3,(H,38,40). The van der Waals surface area contributed by atoms with Gasteiger partial charge in [0.2, 0.25) is 10.0 Å². The Morgan fingerprint density at radius 2 is 1.74 bits per heavy atom. The van der Waals surface area contributed by atoms with Crippen LogP contribution in [0.2, 0.25) is 5.02 Å². The van der Waals surface area contributed by atoms with Crippen LogP contribution in [0.1, 0.15) is 61.3 Å². The summed E-state index contributed by atoms with van der Waals surface area (Å²) in [6.07, 6.45) is -3.97. The third kappa shape index (κ3) is 9.10. The molecular weight excluding hydrogens is 677 g/mol. The second-order valence-electron chi connectivity index (χ2n) is 12.1. The third-order valence-corrected chi connectivity index (χ3v) is 10.2. The van der Waals surface area contributed by atoms with Crippen LogP contribution in [0.25, 0.3) is 10.1 Å². The lowest BCUT2D eigenvalue weighted by Gasteiger charge is -2.28. The van der Waals surface area contributed by atoms with Gasteiger partial charge in [0, 0.05) is 39.2 Å². The zero-order chi connectivity index (χ0) is 34.1. The van der Waals surface area contributed by atoms with Crippen LogP contribution in [0, 0.1) is 0 Å². The number of halogens is 4. The molecule has 2 N–H and O–H groups in total. The van der Waals surface area contributed by atoms with E-state index in [2.05, 4.69) is 14.8 Å². The molecule has 1 saturated heterocycles. The van der Waals surface area contributed by atoms with Crippen molar-refractivity contribution >= 4 is 60.3 Å². The Morgan fingerprint density at radius 3 is 2.43 bits per heavy atom. The lowest BCUT2D eigenvalue weighted by atomic mass is 9.78. The van der Waals surface area contributed by atoms with Gasteiger partial charge in [-0.25, -0.2) is 8.42 Å². The number of thiophene rings is 1. The number of hydrogen-bond acceptors (Lipinski definition) is 7. The zero-order valence-electron chi connectivity index (χ0n) is 26.0. The highest BCUT2D eigenvalue weighted by Gasteiger charge is 2.33. The van der Waals surface area contributed by atoms with Gasteiger partial charge in [-0.15, -0.1) is 24.5 Å². The molecule has 47 heavy (non-hydrogen) atoms. The lowest BCUT2D eigenvalue weighted by molar-refractivity contribution is -0.274. The first kappa shape index (κ1) is 34.8. The van der Waals surface area contributed by atoms with Gasteiger partial charge in [0.1, 0.15) is 11.5 Å². The van der Waals surface area contributed by atoms with Crippen molar-refractivity contribution in [1.29, 1.82) is 0 Å². The molecule has 14 heteroatoms. The Bertz CT molecular complexity index is 1890. The molecule has 3 aromatic carbocycles. The van der Waals surface area contributed by atoms with Crippen molar-refractivity contribution in [3.05, 3.63) is 81.7 Å². The summed E-state index contributed by atoms with van der Waals surface area (Å²) in [6, 6.07) is 15.8. The summed E-state index contributed by atoms with van der Waals surface area (Å²) >= 11 is 7.71. The first-order valence-corrected chi connectivity index (χ1v) is 17.7. The number of anilines is 2. The van der Waals surface area contributed by atoms with Crippen LogP contribution < -0.4 is 19.5 Å². The van der Waals surface area contributed by atoms with Crippen molar-refractivity contribution in [3.63, 3.8) is 0 Å². The van der Waals surface area contributed by atoms with E-state index in [1.54, 1.807) is 62.4 Å². The van der Waals surface area contributed by atoms with E-state index in [9.17, 15) is 26.4 Å². The van der Waals surface area contributed by atoms with Gasteiger partial charge in [-0.3, -0.25) is 9.52 Å². The number of carbonyl (C=O) groups excluding carboxylic acids is 1. The maximum Gasteiger partial charge on any atom is 0.573 e. The van der Waals surface area contributed by atoms with Gasteiger partial charge >= 0.3 is 6.36 Å². The average molecular weight is 711 g/mol. The fourth-order valence-electron chi connectivity index (χ4n) is 5.31. The van der Waals surface area contributed by atoms with Crippen molar-refractivity contribution in [2.45, 2.75) is 64.5 Å². The van der Waals surface area contributed by atoms with Crippen molar-refractivity contribution in [2.24, 2.45) is 0 Å². The highest BCUT2D eigenvalue weighted by atomic mass is 35.5. The van der Waals surface area contributed by atoms with Crippen molar-refractivity contribution in [1.82, 2.24) is 0 Å². The number of sulfonamides is 1. The molecule has 2 heterocycles. The Balaban J connectivity index is 1.37. The van der Waals surface area contributed by atoms with Gasteiger partial charge in [0.15, 0.2) is 0 Å². The van der Waals surface area contributed by atoms with E-state index in [0.717, 1.165) is 11.1 Å². The molecule has 1 amide bonds. The van der Waals surface area contributed by atoms with Gasteiger partial charge in [-0.2, -0.15) is 0 Å². The van der Waals surface area contributed by atoms with Gasteiger partial charge in [0.05, 0.1) is 22.8 Å². The van der Waals surface area contributed by atoms with Crippen molar-refractivity contribution < 1.29 is 40.6 Å². The molecule has 8 nitrogen and oxygen atoms in total. The average Bonchev–Trinajstić information content (AvgIpc) is 3.60. The van der Waals surface area contributed by atoms with Gasteiger partial charge in [-0.05, 0) is 97.8 Å². The summed E-state index contributed by atoms with van der Waals surface area (Å²) < 4.78 is 83.4. The molecule has 0 aliphatic carbocycles. The highest BCUT2D eigenvalue weighted by Crippen LogP contribution is 2.40. The molecule has 1 aromatic heterocycles. The molecule has 0 saturated carbocycles. The molecular formula is C33H34ClF3N2O6S2. The summed E-state index contributed by atoms with van der Waals surface area (Å²) in [4.78, 5) is 13.7. The Hall–Kier alpha value is -3.52. The first-order valence-electron chi connectivity index (χ1n) is 14.8. The quantitative estimate of drug-likeness (QED) is 0.161. The molecule has 252 valence electrons. The Kier molecular flexibility index (Phi) is 10.0. The summed E-state index contributed by atoms with van der Waals surface area (Å²) in [6.45, 7) is 7.71. The number of carbonyl (C=O) groups is 1. The first-order chi connectivity index (χ1) is 22.0. The number of nitrogens with one attached hydrogen (secondary N) is 2. The van der Waals surface area contributed by atoms with E-state index < -0.39 is 33.5 Å². The minimum atomic E-state index is -4.89. The van der Waals surface area contributed by atoms with Gasteiger partial charge in [0.25, 0.3) is 5.91 Å². The molecule has 1 unspecified atom stereocenters. The number of hydrogen-bond donors (Lipinski definition) is 2. The molecule has 0 radical (unpaired) electrons. The summed E-state index contributed by atoms with van der Waals surface area (Å²) in [5.74, 6) is -0.742. The Labute approximate surface area is 280 Å². The van der Waals surface area contributed by atoms with Crippen LogP contribution in [0.15, 0.2) is 60.7 Å². The number of rotatable bonds is 11. The van der Waals surface area contributed by atoms with Crippen LogP contribution in [-0.4, -0.2) is 45.3 Å². The van der Waals surface area contributed by atoms with E-state index in [4.69, 9.17) is 21.1 Å². The fourth-order valence-corrected chi connectivity index (χ4v) is 7.80. The maximum atomic E-state index is 13.3. The van der Waals surface area contributed by atoms with E-state index in [0.29, 0.717) is 50.8 Å². The monoisotopic (exact) mass is 710 g/mol. The molecule has 5 rings (SSSR count). The van der Waals surface area contributed by atoms with Crippen molar-refractivity contribution in [3.8, 4) is 11.5 Å². The number of ether oxygens (including phenoxy) is 3. The van der Waals surface area contributed by atoms with E-state index in [1.807, 2.05) is 13.8 Å². The van der Waals surface area contributed by atoms with Crippen LogP contribution in [0.4, 0.5) is 24.5 Å². The molecule has 1 aliphatic rings. The molecule has 1 aliphatic heterocycles. The normalized spacial score (nSPS) is 15.6. The minimum absolute atomic E-state index is 0.125. The maximum absolute atomic E-state index is 13.3. The zero-order valence-corrected chi connectivity index (χ0v) is 28.4. The van der Waals surface area contributed by atoms with Crippen LogP contribution >= 0.6 is 22.9 Å². The molecule has 0 spiro atoms. The molecule has 1 atom stereocenters. The molecule has 4 aromatic rings. The minimum Gasteiger partial charge on any atom is -0.491 e. The van der Waals surface area contributed by atoms with Crippen molar-refractivity contribution in [2.75, 3.05) is 22.4 Å². The summed E-state index contributed by atoms with van der Waals surface area (Å²) in [5.41, 5.74) is 0.966. The second-order valence-corrected chi connectivity index (χ2v) is 15.4. The Morgan fingerprint density at radius 1 is 1.02 bits per heavy atom. The predicted molar refractivity (Wildman–Crippen MR) is 179 cm³/mol.